The highest BCUT2D eigenvalue weighted by molar-refractivity contribution is 5.89. The van der Waals surface area contributed by atoms with Crippen LogP contribution >= 0.6 is 0 Å². The fraction of sp³-hybridized carbons (Fsp3) is 0.438. The molecule has 1 aromatic heterocycles. The molecule has 0 aliphatic heterocycles. The zero-order valence-corrected chi connectivity index (χ0v) is 12.3. The summed E-state index contributed by atoms with van der Waals surface area (Å²) in [4.78, 5) is 11.9. The summed E-state index contributed by atoms with van der Waals surface area (Å²) >= 11 is 0. The zero-order valence-electron chi connectivity index (χ0n) is 12.3. The predicted molar refractivity (Wildman–Crippen MR) is 78.9 cm³/mol. The first-order valence-electron chi connectivity index (χ1n) is 6.85. The Kier molecular flexibility index (Phi) is 4.79. The van der Waals surface area contributed by atoms with Crippen LogP contribution in [0.25, 0.3) is 11.0 Å². The van der Waals surface area contributed by atoms with Gasteiger partial charge in [-0.25, -0.2) is 0 Å². The number of hydrogen-bond acceptors (Lipinski definition) is 3. The molecular formula is C16H21NO3. The maximum absolute atomic E-state index is 11.9. The first kappa shape index (κ1) is 14.6. The van der Waals surface area contributed by atoms with Gasteiger partial charge in [0.15, 0.2) is 0 Å². The van der Waals surface area contributed by atoms with Gasteiger partial charge in [0.25, 0.3) is 0 Å². The van der Waals surface area contributed by atoms with Gasteiger partial charge in [-0.2, -0.15) is 0 Å². The third kappa shape index (κ3) is 3.20. The number of fused-ring (bicyclic) bond motifs is 1. The Balaban J connectivity index is 2.03. The number of carbonyl (C=O) groups is 1. The number of amides is 1. The van der Waals surface area contributed by atoms with E-state index in [4.69, 9.17) is 9.15 Å². The van der Waals surface area contributed by atoms with Gasteiger partial charge >= 0.3 is 0 Å². The quantitative estimate of drug-likeness (QED) is 0.825. The number of carbonyl (C=O) groups excluding carboxylic acids is 1. The van der Waals surface area contributed by atoms with Crippen LogP contribution < -0.4 is 5.32 Å². The average Bonchev–Trinajstić information content (AvgIpc) is 2.83. The van der Waals surface area contributed by atoms with Crippen molar-refractivity contribution in [3.63, 3.8) is 0 Å². The Bertz CT molecular complexity index is 601. The molecule has 0 atom stereocenters. The van der Waals surface area contributed by atoms with E-state index < -0.39 is 0 Å². The highest BCUT2D eigenvalue weighted by atomic mass is 16.5. The summed E-state index contributed by atoms with van der Waals surface area (Å²) in [6.07, 6.45) is 2.86. The minimum Gasteiger partial charge on any atom is -0.464 e. The number of methoxy groups -OCH3 is 1. The summed E-state index contributed by atoms with van der Waals surface area (Å²) in [6, 6.07) is 4.09. The van der Waals surface area contributed by atoms with Gasteiger partial charge in [-0.05, 0) is 31.4 Å². The molecule has 0 unspecified atom stereocenters. The molecule has 2 aromatic rings. The molecule has 0 saturated heterocycles. The molecule has 0 saturated carbocycles. The second kappa shape index (κ2) is 6.57. The molecular weight excluding hydrogens is 254 g/mol. The smallest absolute Gasteiger partial charge is 0.224 e. The third-order valence-electron chi connectivity index (χ3n) is 3.54. The summed E-state index contributed by atoms with van der Waals surface area (Å²) in [5.41, 5.74) is 4.15. The highest BCUT2D eigenvalue weighted by Gasteiger charge is 2.12. The standard InChI is InChI=1S/C16H21NO3/c1-11-5-6-14-13(10-20-16(14)12(11)2)9-15(18)17-7-4-8-19-3/h5-6,10H,4,7-9H2,1-3H3,(H,17,18). The molecule has 1 N–H and O–H groups in total. The molecule has 0 bridgehead atoms. The molecule has 0 spiro atoms. The van der Waals surface area contributed by atoms with E-state index in [1.54, 1.807) is 13.4 Å². The number of nitrogens with one attached hydrogen (secondary N) is 1. The van der Waals surface area contributed by atoms with Crippen molar-refractivity contribution in [1.82, 2.24) is 5.32 Å². The number of ether oxygens (including phenoxy) is 1. The van der Waals surface area contributed by atoms with E-state index in [9.17, 15) is 4.79 Å². The third-order valence-corrected chi connectivity index (χ3v) is 3.54. The minimum absolute atomic E-state index is 0.0158. The van der Waals surface area contributed by atoms with E-state index in [1.165, 1.54) is 5.56 Å². The Hall–Kier alpha value is -1.81. The molecule has 2 rings (SSSR count). The van der Waals surface area contributed by atoms with Crippen LogP contribution in [0.3, 0.4) is 0 Å². The second-order valence-corrected chi connectivity index (χ2v) is 5.02. The maximum atomic E-state index is 11.9. The van der Waals surface area contributed by atoms with Gasteiger partial charge in [0.2, 0.25) is 5.91 Å². The van der Waals surface area contributed by atoms with Crippen LogP contribution in [0.15, 0.2) is 22.8 Å². The van der Waals surface area contributed by atoms with E-state index in [0.29, 0.717) is 19.6 Å². The molecule has 4 nitrogen and oxygen atoms in total. The SMILES string of the molecule is COCCCNC(=O)Cc1coc2c(C)c(C)ccc12. The molecule has 0 fully saturated rings. The minimum atomic E-state index is 0.0158. The summed E-state index contributed by atoms with van der Waals surface area (Å²) in [5.74, 6) is 0.0158. The van der Waals surface area contributed by atoms with E-state index in [0.717, 1.165) is 28.5 Å². The van der Waals surface area contributed by atoms with Crippen LogP contribution in [-0.4, -0.2) is 26.2 Å². The van der Waals surface area contributed by atoms with Gasteiger partial charge in [0, 0.05) is 31.2 Å². The van der Waals surface area contributed by atoms with Crippen molar-refractivity contribution >= 4 is 16.9 Å². The number of aryl methyl sites for hydroxylation is 2. The van der Waals surface area contributed by atoms with Crippen molar-refractivity contribution in [1.29, 1.82) is 0 Å². The number of hydrogen-bond donors (Lipinski definition) is 1. The molecule has 0 aliphatic rings. The maximum Gasteiger partial charge on any atom is 0.224 e. The van der Waals surface area contributed by atoms with Crippen LogP contribution in [0, 0.1) is 13.8 Å². The summed E-state index contributed by atoms with van der Waals surface area (Å²) in [7, 11) is 1.66. The zero-order chi connectivity index (χ0) is 14.5. The Morgan fingerprint density at radius 3 is 2.90 bits per heavy atom. The van der Waals surface area contributed by atoms with E-state index in [1.807, 2.05) is 13.0 Å². The summed E-state index contributed by atoms with van der Waals surface area (Å²) in [6.45, 7) is 5.39. The van der Waals surface area contributed by atoms with Gasteiger partial charge in [0.1, 0.15) is 5.58 Å². The van der Waals surface area contributed by atoms with Crippen LogP contribution in [0.4, 0.5) is 0 Å². The van der Waals surface area contributed by atoms with Gasteiger partial charge in [-0.1, -0.05) is 12.1 Å². The van der Waals surface area contributed by atoms with Crippen molar-refractivity contribution in [2.24, 2.45) is 0 Å². The first-order chi connectivity index (χ1) is 9.63. The Morgan fingerprint density at radius 1 is 1.35 bits per heavy atom. The van der Waals surface area contributed by atoms with Crippen molar-refractivity contribution in [3.8, 4) is 0 Å². The normalized spacial score (nSPS) is 10.9. The predicted octanol–water partition coefficient (Wildman–Crippen LogP) is 2.74. The number of rotatable bonds is 6. The monoisotopic (exact) mass is 275 g/mol. The van der Waals surface area contributed by atoms with Crippen LogP contribution in [-0.2, 0) is 16.0 Å². The lowest BCUT2D eigenvalue weighted by Gasteiger charge is -2.04. The molecule has 4 heteroatoms. The second-order valence-electron chi connectivity index (χ2n) is 5.02. The van der Waals surface area contributed by atoms with Crippen LogP contribution in [0.1, 0.15) is 23.1 Å². The van der Waals surface area contributed by atoms with Gasteiger partial charge in [-0.15, -0.1) is 0 Å². The molecule has 1 aromatic carbocycles. The van der Waals surface area contributed by atoms with Gasteiger partial charge in [0.05, 0.1) is 12.7 Å². The lowest BCUT2D eigenvalue weighted by Crippen LogP contribution is -2.26. The van der Waals surface area contributed by atoms with E-state index >= 15 is 0 Å². The van der Waals surface area contributed by atoms with E-state index in [-0.39, 0.29) is 5.91 Å². The topological polar surface area (TPSA) is 51.5 Å². The first-order valence-corrected chi connectivity index (χ1v) is 6.85. The highest BCUT2D eigenvalue weighted by Crippen LogP contribution is 2.26. The largest absolute Gasteiger partial charge is 0.464 e. The van der Waals surface area contributed by atoms with Crippen molar-refractivity contribution < 1.29 is 13.9 Å². The molecule has 0 radical (unpaired) electrons. The molecule has 1 amide bonds. The fourth-order valence-corrected chi connectivity index (χ4v) is 2.21. The number of furan rings is 1. The van der Waals surface area contributed by atoms with Crippen molar-refractivity contribution in [2.45, 2.75) is 26.7 Å². The Labute approximate surface area is 119 Å². The van der Waals surface area contributed by atoms with Gasteiger partial charge in [-0.3, -0.25) is 4.79 Å². The molecule has 108 valence electrons. The number of benzene rings is 1. The lowest BCUT2D eigenvalue weighted by atomic mass is 10.0. The lowest BCUT2D eigenvalue weighted by molar-refractivity contribution is -0.120. The summed E-state index contributed by atoms with van der Waals surface area (Å²) < 4.78 is 10.5. The summed E-state index contributed by atoms with van der Waals surface area (Å²) in [5, 5.41) is 3.91. The van der Waals surface area contributed by atoms with E-state index in [2.05, 4.69) is 18.3 Å². The van der Waals surface area contributed by atoms with Crippen LogP contribution in [0.5, 0.6) is 0 Å². The fourth-order valence-electron chi connectivity index (χ4n) is 2.21. The molecule has 20 heavy (non-hydrogen) atoms. The molecule has 1 heterocycles. The molecule has 0 aliphatic carbocycles. The average molecular weight is 275 g/mol. The van der Waals surface area contributed by atoms with Crippen molar-refractivity contribution in [3.05, 3.63) is 35.1 Å². The Morgan fingerprint density at radius 2 is 2.15 bits per heavy atom. The van der Waals surface area contributed by atoms with Gasteiger partial charge < -0.3 is 14.5 Å². The van der Waals surface area contributed by atoms with Crippen molar-refractivity contribution in [2.75, 3.05) is 20.3 Å². The van der Waals surface area contributed by atoms with Crippen LogP contribution in [0.2, 0.25) is 0 Å².